The van der Waals surface area contributed by atoms with E-state index in [1.165, 1.54) is 7.11 Å². The van der Waals surface area contributed by atoms with Crippen LogP contribution in [0.5, 0.6) is 6.01 Å². The summed E-state index contributed by atoms with van der Waals surface area (Å²) in [5.74, 6) is 0.839. The normalized spacial score (nSPS) is 18.0. The molecular formula is C15H26N6O3. The number of nitrogens with zero attached hydrogens (tertiary/aromatic N) is 4. The summed E-state index contributed by atoms with van der Waals surface area (Å²) >= 11 is 0. The van der Waals surface area contributed by atoms with Gasteiger partial charge in [0, 0.05) is 26.2 Å². The van der Waals surface area contributed by atoms with Crippen molar-refractivity contribution in [2.45, 2.75) is 45.3 Å². The van der Waals surface area contributed by atoms with Gasteiger partial charge in [0.2, 0.25) is 11.9 Å². The molecule has 0 bridgehead atoms. The van der Waals surface area contributed by atoms with Crippen LogP contribution in [-0.4, -0.2) is 64.8 Å². The number of likely N-dealkylation sites (tertiary alicyclic amines) is 1. The Bertz CT molecular complexity index is 553. The first-order valence-electron chi connectivity index (χ1n) is 8.03. The molecular weight excluding hydrogens is 312 g/mol. The minimum Gasteiger partial charge on any atom is -0.467 e. The van der Waals surface area contributed by atoms with E-state index in [0.717, 1.165) is 12.8 Å². The number of rotatable bonds is 4. The lowest BCUT2D eigenvalue weighted by Crippen LogP contribution is -2.47. The van der Waals surface area contributed by atoms with E-state index in [9.17, 15) is 4.79 Å². The molecule has 24 heavy (non-hydrogen) atoms. The van der Waals surface area contributed by atoms with Gasteiger partial charge in [0.05, 0.1) is 7.11 Å². The molecule has 1 aliphatic rings. The summed E-state index contributed by atoms with van der Waals surface area (Å²) in [7, 11) is 3.23. The van der Waals surface area contributed by atoms with Crippen LogP contribution in [0.1, 0.15) is 33.6 Å². The van der Waals surface area contributed by atoms with Gasteiger partial charge in [-0.25, -0.2) is 4.79 Å². The van der Waals surface area contributed by atoms with Crippen molar-refractivity contribution in [3.63, 3.8) is 0 Å². The molecule has 1 aromatic heterocycles. The zero-order valence-corrected chi connectivity index (χ0v) is 14.9. The van der Waals surface area contributed by atoms with E-state index in [-0.39, 0.29) is 18.1 Å². The third-order valence-corrected chi connectivity index (χ3v) is 3.43. The van der Waals surface area contributed by atoms with Gasteiger partial charge in [0.1, 0.15) is 5.60 Å². The molecule has 2 N–H and O–H groups in total. The molecule has 1 aromatic rings. The highest BCUT2D eigenvalue weighted by Gasteiger charge is 2.28. The first-order chi connectivity index (χ1) is 11.3. The fourth-order valence-electron chi connectivity index (χ4n) is 2.39. The second-order valence-corrected chi connectivity index (χ2v) is 6.63. The number of piperidine rings is 1. The summed E-state index contributed by atoms with van der Waals surface area (Å²) in [5, 5.41) is 6.11. The lowest BCUT2D eigenvalue weighted by Gasteiger charge is -2.34. The molecule has 1 fully saturated rings. The lowest BCUT2D eigenvalue weighted by atomic mass is 10.1. The number of hydrogen-bond acceptors (Lipinski definition) is 8. The van der Waals surface area contributed by atoms with Gasteiger partial charge in [0.25, 0.3) is 0 Å². The van der Waals surface area contributed by atoms with E-state index in [1.54, 1.807) is 11.9 Å². The van der Waals surface area contributed by atoms with Gasteiger partial charge >= 0.3 is 12.1 Å². The van der Waals surface area contributed by atoms with Crippen molar-refractivity contribution in [3.05, 3.63) is 0 Å². The largest absolute Gasteiger partial charge is 0.467 e. The quantitative estimate of drug-likeness (QED) is 0.856. The van der Waals surface area contributed by atoms with Crippen molar-refractivity contribution in [1.82, 2.24) is 19.9 Å². The van der Waals surface area contributed by atoms with Gasteiger partial charge in [-0.2, -0.15) is 15.0 Å². The maximum Gasteiger partial charge on any atom is 0.410 e. The summed E-state index contributed by atoms with van der Waals surface area (Å²) in [6, 6.07) is 0.278. The number of hydrogen-bond donors (Lipinski definition) is 2. The van der Waals surface area contributed by atoms with E-state index in [4.69, 9.17) is 9.47 Å². The summed E-state index contributed by atoms with van der Waals surface area (Å²) < 4.78 is 10.5. The van der Waals surface area contributed by atoms with Crippen molar-refractivity contribution in [1.29, 1.82) is 0 Å². The van der Waals surface area contributed by atoms with Gasteiger partial charge < -0.3 is 25.0 Å². The molecule has 1 saturated heterocycles. The van der Waals surface area contributed by atoms with Crippen LogP contribution in [-0.2, 0) is 4.74 Å². The Morgan fingerprint density at radius 3 is 2.58 bits per heavy atom. The predicted octanol–water partition coefficient (Wildman–Crippen LogP) is 1.73. The molecule has 2 rings (SSSR count). The summed E-state index contributed by atoms with van der Waals surface area (Å²) in [6.45, 7) is 6.82. The molecule has 1 aliphatic heterocycles. The van der Waals surface area contributed by atoms with E-state index in [0.29, 0.717) is 25.0 Å². The minimum absolute atomic E-state index is 0.0445. The molecule has 0 unspecified atom stereocenters. The Balaban J connectivity index is 2.01. The Morgan fingerprint density at radius 2 is 1.96 bits per heavy atom. The Morgan fingerprint density at radius 1 is 1.25 bits per heavy atom. The molecule has 134 valence electrons. The zero-order chi connectivity index (χ0) is 17.7. The second kappa shape index (κ2) is 7.50. The van der Waals surface area contributed by atoms with Crippen LogP contribution >= 0.6 is 0 Å². The van der Waals surface area contributed by atoms with Crippen LogP contribution in [0.15, 0.2) is 0 Å². The standard InChI is InChI=1S/C15H26N6O3/c1-15(2,3)24-14(22)21-8-6-7-10(9-21)17-12-18-11(16-4)19-13(20-12)23-5/h10H,6-9H2,1-5H3,(H2,16,17,18,19,20)/t10-/m1/s1. The average molecular weight is 338 g/mol. The molecule has 1 atom stereocenters. The Hall–Kier alpha value is -2.32. The van der Waals surface area contributed by atoms with E-state index >= 15 is 0 Å². The minimum atomic E-state index is -0.499. The highest BCUT2D eigenvalue weighted by molar-refractivity contribution is 5.68. The van der Waals surface area contributed by atoms with E-state index in [2.05, 4.69) is 25.6 Å². The predicted molar refractivity (Wildman–Crippen MR) is 90.4 cm³/mol. The van der Waals surface area contributed by atoms with Crippen molar-refractivity contribution >= 4 is 18.0 Å². The highest BCUT2D eigenvalue weighted by Crippen LogP contribution is 2.18. The van der Waals surface area contributed by atoms with Crippen LogP contribution in [0.25, 0.3) is 0 Å². The lowest BCUT2D eigenvalue weighted by molar-refractivity contribution is 0.0206. The topological polar surface area (TPSA) is 102 Å². The van der Waals surface area contributed by atoms with Crippen molar-refractivity contribution in [2.24, 2.45) is 0 Å². The van der Waals surface area contributed by atoms with Crippen molar-refractivity contribution in [3.8, 4) is 6.01 Å². The fraction of sp³-hybridized carbons (Fsp3) is 0.733. The molecule has 0 aliphatic carbocycles. The third-order valence-electron chi connectivity index (χ3n) is 3.43. The maximum absolute atomic E-state index is 12.2. The number of anilines is 2. The van der Waals surface area contributed by atoms with Crippen LogP contribution in [0.3, 0.4) is 0 Å². The summed E-state index contributed by atoms with van der Waals surface area (Å²) in [6.07, 6.45) is 1.51. The van der Waals surface area contributed by atoms with Crippen molar-refractivity contribution < 1.29 is 14.3 Å². The molecule has 1 amide bonds. The molecule has 0 aromatic carbocycles. The summed E-state index contributed by atoms with van der Waals surface area (Å²) in [4.78, 5) is 26.5. The molecule has 2 heterocycles. The number of aromatic nitrogens is 3. The smallest absolute Gasteiger partial charge is 0.410 e. The molecule has 0 spiro atoms. The number of carbonyl (C=O) groups excluding carboxylic acids is 1. The Labute approximate surface area is 142 Å². The van der Waals surface area contributed by atoms with Crippen LogP contribution < -0.4 is 15.4 Å². The zero-order valence-electron chi connectivity index (χ0n) is 14.9. The van der Waals surface area contributed by atoms with Gasteiger partial charge in [-0.3, -0.25) is 0 Å². The van der Waals surface area contributed by atoms with Gasteiger partial charge in [-0.1, -0.05) is 0 Å². The van der Waals surface area contributed by atoms with Crippen LogP contribution in [0, 0.1) is 0 Å². The van der Waals surface area contributed by atoms with E-state index < -0.39 is 5.60 Å². The van der Waals surface area contributed by atoms with Crippen LogP contribution in [0.4, 0.5) is 16.7 Å². The highest BCUT2D eigenvalue weighted by atomic mass is 16.6. The van der Waals surface area contributed by atoms with E-state index in [1.807, 2.05) is 20.8 Å². The number of carbonyl (C=O) groups is 1. The first kappa shape index (κ1) is 18.0. The SMILES string of the molecule is CNc1nc(N[C@@H]2CCCN(C(=O)OC(C)(C)C)C2)nc(OC)n1. The number of ether oxygens (including phenoxy) is 2. The second-order valence-electron chi connectivity index (χ2n) is 6.63. The average Bonchev–Trinajstić information content (AvgIpc) is 2.53. The van der Waals surface area contributed by atoms with Crippen LogP contribution in [0.2, 0.25) is 0 Å². The fourth-order valence-corrected chi connectivity index (χ4v) is 2.39. The summed E-state index contributed by atoms with van der Waals surface area (Å²) in [5.41, 5.74) is -0.499. The first-order valence-corrected chi connectivity index (χ1v) is 8.03. The molecule has 0 saturated carbocycles. The number of nitrogens with one attached hydrogen (secondary N) is 2. The van der Waals surface area contributed by atoms with Gasteiger partial charge in [0.15, 0.2) is 0 Å². The number of methoxy groups -OCH3 is 1. The van der Waals surface area contributed by atoms with Gasteiger partial charge in [-0.05, 0) is 33.6 Å². The maximum atomic E-state index is 12.2. The monoisotopic (exact) mass is 338 g/mol. The Kier molecular flexibility index (Phi) is 5.63. The van der Waals surface area contributed by atoms with Crippen molar-refractivity contribution in [2.75, 3.05) is 37.9 Å². The molecule has 9 nitrogen and oxygen atoms in total. The molecule has 0 radical (unpaired) electrons. The number of amides is 1. The third kappa shape index (κ3) is 5.10. The molecule has 9 heteroatoms. The van der Waals surface area contributed by atoms with Gasteiger partial charge in [-0.15, -0.1) is 0 Å².